The molecule has 0 saturated carbocycles. The summed E-state index contributed by atoms with van der Waals surface area (Å²) in [6.07, 6.45) is 3.56. The van der Waals surface area contributed by atoms with Crippen LogP contribution in [0.2, 0.25) is 5.02 Å². The molecule has 0 spiro atoms. The van der Waals surface area contributed by atoms with Crippen LogP contribution in [0.5, 0.6) is 0 Å². The van der Waals surface area contributed by atoms with Gasteiger partial charge in [-0.15, -0.1) is 0 Å². The number of amides is 1. The topological polar surface area (TPSA) is 63.1 Å². The molecule has 24 heavy (non-hydrogen) atoms. The van der Waals surface area contributed by atoms with Crippen molar-refractivity contribution in [2.75, 3.05) is 18.4 Å². The highest BCUT2D eigenvalue weighted by atomic mass is 35.5. The van der Waals surface area contributed by atoms with Gasteiger partial charge in [0.15, 0.2) is 0 Å². The van der Waals surface area contributed by atoms with E-state index in [1.807, 2.05) is 18.2 Å². The van der Waals surface area contributed by atoms with Crippen molar-refractivity contribution in [3.05, 3.63) is 63.5 Å². The Morgan fingerprint density at radius 3 is 2.88 bits per heavy atom. The molecule has 2 N–H and O–H groups in total. The Labute approximate surface area is 145 Å². The third kappa shape index (κ3) is 4.04. The molecule has 1 aromatic heterocycles. The Morgan fingerprint density at radius 1 is 1.29 bits per heavy atom. The van der Waals surface area contributed by atoms with Gasteiger partial charge in [-0.3, -0.25) is 9.59 Å². The van der Waals surface area contributed by atoms with E-state index in [0.29, 0.717) is 23.8 Å². The molecule has 1 unspecified atom stereocenters. The first-order valence-electron chi connectivity index (χ1n) is 8.09. The quantitative estimate of drug-likeness (QED) is 0.895. The third-order valence-corrected chi connectivity index (χ3v) is 4.59. The Balaban J connectivity index is 1.75. The van der Waals surface area contributed by atoms with Crippen LogP contribution in [0.1, 0.15) is 18.4 Å². The molecule has 0 bridgehead atoms. The van der Waals surface area contributed by atoms with Crippen molar-refractivity contribution in [2.45, 2.75) is 19.4 Å². The zero-order valence-electron chi connectivity index (χ0n) is 13.3. The minimum Gasteiger partial charge on any atom is -0.325 e. The van der Waals surface area contributed by atoms with E-state index in [4.69, 9.17) is 11.6 Å². The minimum absolute atomic E-state index is 0.00913. The van der Waals surface area contributed by atoms with Gasteiger partial charge in [-0.2, -0.15) is 0 Å². The Hall–Kier alpha value is -2.11. The molecule has 1 saturated heterocycles. The minimum atomic E-state index is -0.132. The molecule has 3 rings (SSSR count). The van der Waals surface area contributed by atoms with Crippen LogP contribution >= 0.6 is 11.6 Å². The van der Waals surface area contributed by atoms with Gasteiger partial charge in [0.1, 0.15) is 0 Å². The summed E-state index contributed by atoms with van der Waals surface area (Å²) < 4.78 is 1.55. The predicted octanol–water partition coefficient (Wildman–Crippen LogP) is 2.49. The summed E-state index contributed by atoms with van der Waals surface area (Å²) in [6, 6.07) is 10.5. The molecular formula is C18H20ClN3O2. The molecule has 2 aromatic rings. The Morgan fingerprint density at radius 2 is 2.12 bits per heavy atom. The number of carbonyl (C=O) groups is 1. The number of halogens is 1. The molecule has 0 aliphatic carbocycles. The molecule has 2 heterocycles. The molecule has 1 aromatic carbocycles. The van der Waals surface area contributed by atoms with Crippen molar-refractivity contribution in [1.29, 1.82) is 0 Å². The van der Waals surface area contributed by atoms with Gasteiger partial charge in [-0.25, -0.2) is 0 Å². The summed E-state index contributed by atoms with van der Waals surface area (Å²) in [4.78, 5) is 24.4. The summed E-state index contributed by atoms with van der Waals surface area (Å²) in [7, 11) is 0. The first kappa shape index (κ1) is 16.7. The number of anilines is 1. The first-order valence-corrected chi connectivity index (χ1v) is 8.47. The second kappa shape index (κ2) is 7.64. The number of nitrogens with zero attached hydrogens (tertiary/aromatic N) is 1. The van der Waals surface area contributed by atoms with Crippen LogP contribution < -0.4 is 16.2 Å². The molecule has 1 aliphatic rings. The number of hydrogen-bond acceptors (Lipinski definition) is 3. The number of benzene rings is 1. The average molecular weight is 346 g/mol. The number of nitrogens with one attached hydrogen (secondary N) is 2. The lowest BCUT2D eigenvalue weighted by atomic mass is 9.99. The molecule has 1 atom stereocenters. The van der Waals surface area contributed by atoms with E-state index in [1.54, 1.807) is 22.9 Å². The number of hydrogen-bond donors (Lipinski definition) is 2. The summed E-state index contributed by atoms with van der Waals surface area (Å²) >= 11 is 6.16. The molecule has 6 heteroatoms. The molecule has 1 aliphatic heterocycles. The molecule has 1 amide bonds. The van der Waals surface area contributed by atoms with Gasteiger partial charge >= 0.3 is 0 Å². The normalized spacial score (nSPS) is 17.5. The first-order chi connectivity index (χ1) is 11.6. The van der Waals surface area contributed by atoms with Crippen LogP contribution in [-0.4, -0.2) is 23.6 Å². The number of piperidine rings is 1. The van der Waals surface area contributed by atoms with Crippen molar-refractivity contribution in [1.82, 2.24) is 9.88 Å². The summed E-state index contributed by atoms with van der Waals surface area (Å²) in [5.41, 5.74) is 1.35. The van der Waals surface area contributed by atoms with Crippen molar-refractivity contribution in [3.63, 3.8) is 0 Å². The fourth-order valence-electron chi connectivity index (χ4n) is 2.86. The van der Waals surface area contributed by atoms with E-state index in [9.17, 15) is 9.59 Å². The number of pyridine rings is 1. The van der Waals surface area contributed by atoms with Crippen LogP contribution in [0.15, 0.2) is 47.4 Å². The largest absolute Gasteiger partial charge is 0.325 e. The Kier molecular flexibility index (Phi) is 5.33. The van der Waals surface area contributed by atoms with Gasteiger partial charge in [0.05, 0.1) is 18.2 Å². The highest BCUT2D eigenvalue weighted by molar-refractivity contribution is 6.31. The van der Waals surface area contributed by atoms with E-state index in [0.717, 1.165) is 24.9 Å². The maximum absolute atomic E-state index is 12.3. The van der Waals surface area contributed by atoms with E-state index < -0.39 is 0 Å². The number of rotatable bonds is 4. The number of carbonyl (C=O) groups excluding carboxylic acids is 1. The van der Waals surface area contributed by atoms with Crippen LogP contribution in [0.25, 0.3) is 0 Å². The lowest BCUT2D eigenvalue weighted by Gasteiger charge is -2.22. The van der Waals surface area contributed by atoms with Crippen molar-refractivity contribution >= 4 is 23.2 Å². The van der Waals surface area contributed by atoms with Gasteiger partial charge in [0.25, 0.3) is 5.56 Å². The van der Waals surface area contributed by atoms with Crippen molar-refractivity contribution < 1.29 is 4.79 Å². The molecule has 1 fully saturated rings. The van der Waals surface area contributed by atoms with Crippen LogP contribution in [0, 0.1) is 5.92 Å². The fourth-order valence-corrected chi connectivity index (χ4v) is 3.05. The monoisotopic (exact) mass is 345 g/mol. The van der Waals surface area contributed by atoms with Gasteiger partial charge in [-0.05, 0) is 37.1 Å². The Bertz CT molecular complexity index is 782. The highest BCUT2D eigenvalue weighted by Gasteiger charge is 2.21. The zero-order chi connectivity index (χ0) is 16.9. The SMILES string of the molecule is O=C(Nc1ccc(=O)n(Cc2ccccc2Cl)c1)C1CCCNC1. The lowest BCUT2D eigenvalue weighted by Crippen LogP contribution is -2.37. The predicted molar refractivity (Wildman–Crippen MR) is 95.5 cm³/mol. The van der Waals surface area contributed by atoms with Gasteiger partial charge < -0.3 is 15.2 Å². The van der Waals surface area contributed by atoms with Crippen LogP contribution in [-0.2, 0) is 11.3 Å². The molecule has 5 nitrogen and oxygen atoms in total. The number of aromatic nitrogens is 1. The summed E-state index contributed by atoms with van der Waals surface area (Å²) in [6.45, 7) is 2.03. The molecular weight excluding hydrogens is 326 g/mol. The van der Waals surface area contributed by atoms with Crippen molar-refractivity contribution in [3.8, 4) is 0 Å². The van der Waals surface area contributed by atoms with Gasteiger partial charge in [0, 0.05) is 23.8 Å². The second-order valence-corrected chi connectivity index (χ2v) is 6.42. The maximum Gasteiger partial charge on any atom is 0.250 e. The average Bonchev–Trinajstić information content (AvgIpc) is 2.60. The smallest absolute Gasteiger partial charge is 0.250 e. The third-order valence-electron chi connectivity index (χ3n) is 4.22. The standard InChI is InChI=1S/C18H20ClN3O2/c19-16-6-2-1-4-14(16)11-22-12-15(7-8-17(22)23)21-18(24)13-5-3-9-20-10-13/h1-2,4,6-8,12-13,20H,3,5,9-11H2,(H,21,24). The van der Waals surface area contributed by atoms with Gasteiger partial charge in [-0.1, -0.05) is 29.8 Å². The molecule has 0 radical (unpaired) electrons. The highest BCUT2D eigenvalue weighted by Crippen LogP contribution is 2.17. The van der Waals surface area contributed by atoms with E-state index >= 15 is 0 Å². The molecule has 126 valence electrons. The fraction of sp³-hybridized carbons (Fsp3) is 0.333. The zero-order valence-corrected chi connectivity index (χ0v) is 14.1. The summed E-state index contributed by atoms with van der Waals surface area (Å²) in [5, 5.41) is 6.76. The maximum atomic E-state index is 12.3. The van der Waals surface area contributed by atoms with Gasteiger partial charge in [0.2, 0.25) is 5.91 Å². The van der Waals surface area contributed by atoms with Crippen LogP contribution in [0.3, 0.4) is 0 Å². The van der Waals surface area contributed by atoms with Crippen LogP contribution in [0.4, 0.5) is 5.69 Å². The van der Waals surface area contributed by atoms with E-state index in [1.165, 1.54) is 6.07 Å². The summed E-state index contributed by atoms with van der Waals surface area (Å²) in [5.74, 6) is -0.0344. The second-order valence-electron chi connectivity index (χ2n) is 6.01. The van der Waals surface area contributed by atoms with E-state index in [2.05, 4.69) is 10.6 Å². The van der Waals surface area contributed by atoms with E-state index in [-0.39, 0.29) is 17.4 Å². The van der Waals surface area contributed by atoms with Crippen molar-refractivity contribution in [2.24, 2.45) is 5.92 Å². The lowest BCUT2D eigenvalue weighted by molar-refractivity contribution is -0.120.